The fourth-order valence-electron chi connectivity index (χ4n) is 5.46. The maximum Gasteiger partial charge on any atom is 0.328 e. The van der Waals surface area contributed by atoms with Crippen LogP contribution in [0, 0.1) is 5.92 Å². The molecule has 0 heterocycles. The first kappa shape index (κ1) is 49.6. The molecule has 0 saturated carbocycles. The minimum Gasteiger partial charge on any atom is -0.480 e. The van der Waals surface area contributed by atoms with Gasteiger partial charge in [0.2, 0.25) is 29.5 Å². The molecular weight excluding hydrogens is 754 g/mol. The van der Waals surface area contributed by atoms with Crippen LogP contribution in [0.15, 0.2) is 30.3 Å². The van der Waals surface area contributed by atoms with E-state index < -0.39 is 88.8 Å². The van der Waals surface area contributed by atoms with E-state index in [0.29, 0.717) is 5.56 Å². The molecule has 20 nitrogen and oxygen atoms in total. The first-order valence-corrected chi connectivity index (χ1v) is 18.8. The van der Waals surface area contributed by atoms with E-state index in [4.69, 9.17) is 40.3 Å². The highest BCUT2D eigenvalue weighted by Gasteiger charge is 2.42. The zero-order chi connectivity index (χ0) is 42.6. The van der Waals surface area contributed by atoms with Crippen molar-refractivity contribution in [2.75, 3.05) is 26.2 Å². The normalized spacial score (nSPS) is 16.1. The van der Waals surface area contributed by atoms with Gasteiger partial charge in [-0.1, -0.05) is 55.8 Å². The van der Waals surface area contributed by atoms with E-state index in [1.807, 2.05) is 0 Å². The van der Waals surface area contributed by atoms with Gasteiger partial charge in [-0.2, -0.15) is 0 Å². The van der Waals surface area contributed by atoms with Gasteiger partial charge in [-0.05, 0) is 76.7 Å². The SMILES string of the molecule is CC(C)C[C@](Cl)(NC(=O)[C@@H](Cc1ccccc1)NC(=O)[C@H](CCN)NC(=O)[C@@H](N)CCN)C(=O)N[C@@H](CCN)C(=O)N[C@@H](CCN)C(=O)N[C@H](C(=O)O)[C@@H](C)O. The summed E-state index contributed by atoms with van der Waals surface area (Å²) >= 11 is 6.90. The van der Waals surface area contributed by atoms with E-state index in [-0.39, 0.29) is 70.6 Å². The number of aliphatic hydroxyl groups excluding tert-OH is 1. The van der Waals surface area contributed by atoms with Crippen LogP contribution in [0.2, 0.25) is 0 Å². The number of benzene rings is 1. The van der Waals surface area contributed by atoms with Gasteiger partial charge < -0.3 is 70.8 Å². The molecule has 8 atom stereocenters. The van der Waals surface area contributed by atoms with E-state index in [9.17, 15) is 43.8 Å². The number of carbonyl (C=O) groups excluding carboxylic acids is 6. The summed E-state index contributed by atoms with van der Waals surface area (Å²) in [4.78, 5) is 90.0. The van der Waals surface area contributed by atoms with Gasteiger partial charge >= 0.3 is 5.97 Å². The highest BCUT2D eigenvalue weighted by molar-refractivity contribution is 6.35. The number of carboxylic acids is 1. The number of hydrogen-bond donors (Lipinski definition) is 13. The second kappa shape index (κ2) is 24.9. The average molecular weight is 814 g/mol. The Labute approximate surface area is 331 Å². The predicted molar refractivity (Wildman–Crippen MR) is 208 cm³/mol. The van der Waals surface area contributed by atoms with Crippen LogP contribution < -0.4 is 60.6 Å². The number of aliphatic hydroxyl groups is 1. The predicted octanol–water partition coefficient (Wildman–Crippen LogP) is -4.06. The Hall–Kier alpha value is -4.44. The largest absolute Gasteiger partial charge is 0.480 e. The summed E-state index contributed by atoms with van der Waals surface area (Å²) in [5.41, 5.74) is 29.1. The Morgan fingerprint density at radius 2 is 1.11 bits per heavy atom. The quantitative estimate of drug-likeness (QED) is 0.0313. The number of nitrogens with one attached hydrogen (secondary N) is 6. The summed E-state index contributed by atoms with van der Waals surface area (Å²) in [6.07, 6.45) is -1.83. The monoisotopic (exact) mass is 813 g/mol. The number of alkyl halides is 1. The Kier molecular flexibility index (Phi) is 22.1. The van der Waals surface area contributed by atoms with E-state index >= 15 is 0 Å². The lowest BCUT2D eigenvalue weighted by atomic mass is 9.99. The van der Waals surface area contributed by atoms with Gasteiger partial charge in [0, 0.05) is 6.42 Å². The zero-order valence-electron chi connectivity index (χ0n) is 32.1. The van der Waals surface area contributed by atoms with E-state index in [2.05, 4.69) is 31.9 Å². The highest BCUT2D eigenvalue weighted by atomic mass is 35.5. The number of halogens is 1. The maximum atomic E-state index is 14.1. The summed E-state index contributed by atoms with van der Waals surface area (Å²) in [6.45, 7) is 4.53. The van der Waals surface area contributed by atoms with Gasteiger partial charge in [-0.15, -0.1) is 0 Å². The molecule has 21 heteroatoms. The molecule has 18 N–H and O–H groups in total. The highest BCUT2D eigenvalue weighted by Crippen LogP contribution is 2.23. The fourth-order valence-corrected chi connectivity index (χ4v) is 5.92. The first-order chi connectivity index (χ1) is 26.3. The number of carboxylic acid groups (broad SMARTS) is 1. The molecule has 6 amide bonds. The van der Waals surface area contributed by atoms with Gasteiger partial charge in [0.15, 0.2) is 11.0 Å². The summed E-state index contributed by atoms with van der Waals surface area (Å²) in [7, 11) is 0. The van der Waals surface area contributed by atoms with Gasteiger partial charge in [-0.25, -0.2) is 4.79 Å². The van der Waals surface area contributed by atoms with Gasteiger partial charge in [0.1, 0.15) is 24.2 Å². The molecule has 0 spiro atoms. The van der Waals surface area contributed by atoms with Crippen LogP contribution in [0.3, 0.4) is 0 Å². The van der Waals surface area contributed by atoms with Crippen LogP contribution in [0.4, 0.5) is 0 Å². The first-order valence-electron chi connectivity index (χ1n) is 18.4. The second-order valence-electron chi connectivity index (χ2n) is 13.8. The lowest BCUT2D eigenvalue weighted by molar-refractivity contribution is -0.145. The maximum absolute atomic E-state index is 14.1. The van der Waals surface area contributed by atoms with Crippen LogP contribution in [0.1, 0.15) is 58.4 Å². The molecule has 0 unspecified atom stereocenters. The summed E-state index contributed by atoms with van der Waals surface area (Å²) in [5, 5.41) is 34.0. The van der Waals surface area contributed by atoms with Crippen molar-refractivity contribution in [3.8, 4) is 0 Å². The molecular formula is C35H60ClN11O9. The van der Waals surface area contributed by atoms with Crippen molar-refractivity contribution in [3.05, 3.63) is 35.9 Å². The topological polar surface area (TPSA) is 362 Å². The molecule has 316 valence electrons. The van der Waals surface area contributed by atoms with E-state index in [0.717, 1.165) is 6.92 Å². The van der Waals surface area contributed by atoms with Gasteiger partial charge in [-0.3, -0.25) is 28.8 Å². The number of carbonyl (C=O) groups is 7. The van der Waals surface area contributed by atoms with E-state index in [1.54, 1.807) is 44.2 Å². The number of hydrogen-bond acceptors (Lipinski definition) is 13. The minimum atomic E-state index is -2.20. The molecule has 1 aromatic carbocycles. The number of aliphatic carboxylic acids is 1. The van der Waals surface area contributed by atoms with Crippen LogP contribution in [0.25, 0.3) is 0 Å². The van der Waals surface area contributed by atoms with Crippen LogP contribution in [0.5, 0.6) is 0 Å². The Bertz CT molecular complexity index is 1460. The smallest absolute Gasteiger partial charge is 0.328 e. The minimum absolute atomic E-state index is 0.000698. The molecule has 0 aromatic heterocycles. The third-order valence-electron chi connectivity index (χ3n) is 8.40. The third-order valence-corrected chi connectivity index (χ3v) is 8.82. The number of amides is 6. The number of nitrogens with two attached hydrogens (primary N) is 5. The van der Waals surface area contributed by atoms with Crippen LogP contribution >= 0.6 is 11.6 Å². The lowest BCUT2D eigenvalue weighted by Crippen LogP contribution is -2.64. The molecule has 1 aromatic rings. The molecule has 0 radical (unpaired) electrons. The molecule has 0 bridgehead atoms. The second-order valence-corrected chi connectivity index (χ2v) is 14.4. The molecule has 0 fully saturated rings. The van der Waals surface area contributed by atoms with Crippen molar-refractivity contribution in [3.63, 3.8) is 0 Å². The molecule has 0 aliphatic carbocycles. The summed E-state index contributed by atoms with van der Waals surface area (Å²) < 4.78 is 0. The van der Waals surface area contributed by atoms with E-state index in [1.165, 1.54) is 0 Å². The zero-order valence-corrected chi connectivity index (χ0v) is 32.8. The Morgan fingerprint density at radius 1 is 0.661 bits per heavy atom. The summed E-state index contributed by atoms with van der Waals surface area (Å²) in [5.74, 6) is -6.96. The average Bonchev–Trinajstić information content (AvgIpc) is 3.12. The fraction of sp³-hybridized carbons (Fsp3) is 0.629. The standard InChI is InChI=1S/C35H60ClN11O9/c1-19(2)18-35(36,34(56)45-25(12-16-40)30(51)43-24(11-15-39)31(52)46-27(20(3)48)33(54)55)47-32(53)26(17-21-7-5-4-6-8-21)44-29(50)23(10-14-38)42-28(49)22(41)9-13-37/h4-8,19-20,22-27,48H,9-18,37-41H2,1-3H3,(H,42,49)(H,43,51)(H,44,50)(H,45,56)(H,46,52)(H,47,53)(H,54,55)/t20-,22+,23+,24+,25+,26-,27+,35+/m1/s1. The van der Waals surface area contributed by atoms with Crippen molar-refractivity contribution in [1.82, 2.24) is 31.9 Å². The van der Waals surface area contributed by atoms with Gasteiger partial charge in [0.25, 0.3) is 5.91 Å². The summed E-state index contributed by atoms with van der Waals surface area (Å²) in [6, 6.07) is 0.676. The molecule has 0 saturated heterocycles. The Morgan fingerprint density at radius 3 is 1.55 bits per heavy atom. The van der Waals surface area contributed by atoms with Crippen molar-refractivity contribution < 1.29 is 43.8 Å². The van der Waals surface area contributed by atoms with Crippen molar-refractivity contribution in [2.45, 2.75) is 107 Å². The van der Waals surface area contributed by atoms with Crippen molar-refractivity contribution in [1.29, 1.82) is 0 Å². The third kappa shape index (κ3) is 16.7. The van der Waals surface area contributed by atoms with Crippen molar-refractivity contribution in [2.24, 2.45) is 34.6 Å². The molecule has 56 heavy (non-hydrogen) atoms. The van der Waals surface area contributed by atoms with Crippen LogP contribution in [-0.2, 0) is 40.0 Å². The molecule has 0 aliphatic heterocycles. The lowest BCUT2D eigenvalue weighted by Gasteiger charge is -2.33. The number of rotatable bonds is 26. The Balaban J connectivity index is 3.41. The van der Waals surface area contributed by atoms with Gasteiger partial charge in [0.05, 0.1) is 12.1 Å². The van der Waals surface area contributed by atoms with Crippen molar-refractivity contribution >= 4 is 53.0 Å². The van der Waals surface area contributed by atoms with Crippen LogP contribution in [-0.4, -0.2) is 125 Å². The molecule has 1 rings (SSSR count). The molecule has 0 aliphatic rings.